The number of hydrogen-bond donors (Lipinski definition) is 1. The predicted octanol–water partition coefficient (Wildman–Crippen LogP) is 5.00. The van der Waals surface area contributed by atoms with Crippen molar-refractivity contribution in [2.24, 2.45) is 0 Å². The Morgan fingerprint density at radius 1 is 1.33 bits per heavy atom. The van der Waals surface area contributed by atoms with Crippen molar-refractivity contribution in [3.63, 3.8) is 0 Å². The van der Waals surface area contributed by atoms with E-state index in [9.17, 15) is 4.79 Å². The highest BCUT2D eigenvalue weighted by Gasteiger charge is 2.23. The summed E-state index contributed by atoms with van der Waals surface area (Å²) in [5, 5.41) is 4.36. The summed E-state index contributed by atoms with van der Waals surface area (Å²) >= 11 is 7.58. The number of imidazole rings is 1. The third kappa shape index (κ3) is 3.78. The minimum atomic E-state index is -0.0654. The second kappa shape index (κ2) is 7.62. The Balaban J connectivity index is 1.67. The summed E-state index contributed by atoms with van der Waals surface area (Å²) < 4.78 is 2.33. The molecule has 0 radical (unpaired) electrons. The van der Waals surface area contributed by atoms with Crippen LogP contribution < -0.4 is 5.32 Å². The molecule has 1 fully saturated rings. The Labute approximate surface area is 152 Å². The van der Waals surface area contributed by atoms with Crippen molar-refractivity contribution in [1.29, 1.82) is 0 Å². The molecule has 0 atom stereocenters. The lowest BCUT2D eigenvalue weighted by molar-refractivity contribution is -0.113. The molecule has 0 saturated heterocycles. The number of nitrogens with one attached hydrogen (secondary N) is 1. The monoisotopic (exact) mass is 363 g/mol. The van der Waals surface area contributed by atoms with Crippen LogP contribution >= 0.6 is 23.4 Å². The fraction of sp³-hybridized carbons (Fsp3) is 0.444. The maximum atomic E-state index is 12.2. The number of rotatable bonds is 5. The van der Waals surface area contributed by atoms with Gasteiger partial charge in [0.15, 0.2) is 5.16 Å². The van der Waals surface area contributed by atoms with Crippen molar-refractivity contribution >= 4 is 35.0 Å². The molecule has 1 heterocycles. The first-order chi connectivity index (χ1) is 11.6. The van der Waals surface area contributed by atoms with Gasteiger partial charge in [0.2, 0.25) is 5.91 Å². The van der Waals surface area contributed by atoms with Gasteiger partial charge in [0.05, 0.1) is 22.2 Å². The largest absolute Gasteiger partial charge is 0.324 e. The van der Waals surface area contributed by atoms with E-state index in [1.54, 1.807) is 12.1 Å². The molecule has 1 aromatic carbocycles. The maximum absolute atomic E-state index is 12.2. The highest BCUT2D eigenvalue weighted by molar-refractivity contribution is 7.99. The summed E-state index contributed by atoms with van der Waals surface area (Å²) in [6, 6.07) is 7.80. The van der Waals surface area contributed by atoms with Crippen LogP contribution in [-0.2, 0) is 4.79 Å². The topological polar surface area (TPSA) is 46.9 Å². The second-order valence-corrected chi connectivity index (χ2v) is 7.54. The summed E-state index contributed by atoms with van der Waals surface area (Å²) in [7, 11) is 0. The van der Waals surface area contributed by atoms with E-state index in [0.29, 0.717) is 22.5 Å². The zero-order valence-corrected chi connectivity index (χ0v) is 15.6. The van der Waals surface area contributed by atoms with Crippen molar-refractivity contribution in [3.05, 3.63) is 40.7 Å². The summed E-state index contributed by atoms with van der Waals surface area (Å²) in [4.78, 5) is 16.9. The molecule has 6 heteroatoms. The van der Waals surface area contributed by atoms with E-state index in [4.69, 9.17) is 11.6 Å². The third-order valence-corrected chi connectivity index (χ3v) is 5.81. The molecule has 1 aliphatic carbocycles. The number of nitrogens with zero attached hydrogens (tertiary/aromatic N) is 2. The van der Waals surface area contributed by atoms with Crippen LogP contribution in [0.3, 0.4) is 0 Å². The van der Waals surface area contributed by atoms with Gasteiger partial charge in [0.25, 0.3) is 0 Å². The highest BCUT2D eigenvalue weighted by Crippen LogP contribution is 2.35. The number of carbonyl (C=O) groups is 1. The molecule has 2 aromatic rings. The average molecular weight is 364 g/mol. The van der Waals surface area contributed by atoms with Crippen molar-refractivity contribution in [2.75, 3.05) is 11.1 Å². The molecule has 128 valence electrons. The standard InChI is InChI=1S/C18H22ClN3OS/c1-12-13(2)22(14-7-3-4-8-14)18(20-12)24-11-17(23)21-16-10-6-5-9-15(16)19/h5-6,9-10,14H,3-4,7-8,11H2,1-2H3,(H,21,23). The van der Waals surface area contributed by atoms with Crippen LogP contribution in [0, 0.1) is 13.8 Å². The van der Waals surface area contributed by atoms with Crippen LogP contribution in [0.5, 0.6) is 0 Å². The van der Waals surface area contributed by atoms with Crippen LogP contribution in [0.25, 0.3) is 0 Å². The summed E-state index contributed by atoms with van der Waals surface area (Å²) in [6.07, 6.45) is 4.96. The lowest BCUT2D eigenvalue weighted by Crippen LogP contribution is -2.15. The second-order valence-electron chi connectivity index (χ2n) is 6.19. The number of carbonyl (C=O) groups excluding carboxylic acids is 1. The van der Waals surface area contributed by atoms with Gasteiger partial charge in [-0.05, 0) is 38.8 Å². The lowest BCUT2D eigenvalue weighted by atomic mass is 10.2. The smallest absolute Gasteiger partial charge is 0.234 e. The number of aromatic nitrogens is 2. The summed E-state index contributed by atoms with van der Waals surface area (Å²) in [5.74, 6) is 0.262. The van der Waals surface area contributed by atoms with E-state index in [1.165, 1.54) is 43.1 Å². The van der Waals surface area contributed by atoms with Gasteiger partial charge in [-0.2, -0.15) is 0 Å². The Morgan fingerprint density at radius 2 is 2.04 bits per heavy atom. The molecule has 0 bridgehead atoms. The minimum absolute atomic E-state index is 0.0654. The van der Waals surface area contributed by atoms with E-state index < -0.39 is 0 Å². The number of aryl methyl sites for hydroxylation is 1. The molecular formula is C18H22ClN3OS. The van der Waals surface area contributed by atoms with E-state index >= 15 is 0 Å². The maximum Gasteiger partial charge on any atom is 0.234 e. The Bertz CT molecular complexity index is 738. The van der Waals surface area contributed by atoms with Gasteiger partial charge >= 0.3 is 0 Å². The van der Waals surface area contributed by atoms with Gasteiger partial charge in [-0.25, -0.2) is 4.98 Å². The van der Waals surface area contributed by atoms with Gasteiger partial charge in [-0.1, -0.05) is 48.3 Å². The molecule has 24 heavy (non-hydrogen) atoms. The van der Waals surface area contributed by atoms with Gasteiger partial charge in [-0.15, -0.1) is 0 Å². The first-order valence-corrected chi connectivity index (χ1v) is 9.65. The van der Waals surface area contributed by atoms with E-state index in [-0.39, 0.29) is 5.91 Å². The Hall–Kier alpha value is -1.46. The van der Waals surface area contributed by atoms with E-state index in [2.05, 4.69) is 21.8 Å². The minimum Gasteiger partial charge on any atom is -0.324 e. The predicted molar refractivity (Wildman–Crippen MR) is 100 cm³/mol. The van der Waals surface area contributed by atoms with Gasteiger partial charge in [-0.3, -0.25) is 4.79 Å². The van der Waals surface area contributed by atoms with Crippen LogP contribution in [0.2, 0.25) is 5.02 Å². The lowest BCUT2D eigenvalue weighted by Gasteiger charge is -2.17. The number of hydrogen-bond acceptors (Lipinski definition) is 3. The van der Waals surface area contributed by atoms with E-state index in [0.717, 1.165) is 10.9 Å². The number of thioether (sulfide) groups is 1. The number of amides is 1. The van der Waals surface area contributed by atoms with Crippen molar-refractivity contribution < 1.29 is 4.79 Å². The molecule has 1 saturated carbocycles. The van der Waals surface area contributed by atoms with E-state index in [1.807, 2.05) is 19.1 Å². The quantitative estimate of drug-likeness (QED) is 0.760. The fourth-order valence-electron chi connectivity index (χ4n) is 3.17. The van der Waals surface area contributed by atoms with Crippen LogP contribution in [-0.4, -0.2) is 21.2 Å². The normalized spacial score (nSPS) is 15.0. The number of anilines is 1. The van der Waals surface area contributed by atoms with Crippen molar-refractivity contribution in [2.45, 2.75) is 50.7 Å². The summed E-state index contributed by atoms with van der Waals surface area (Å²) in [6.45, 7) is 4.16. The first kappa shape index (κ1) is 17.4. The zero-order valence-electron chi connectivity index (χ0n) is 14.0. The third-order valence-electron chi connectivity index (χ3n) is 4.52. The number of benzene rings is 1. The Kier molecular flexibility index (Phi) is 5.51. The van der Waals surface area contributed by atoms with Gasteiger partial charge in [0, 0.05) is 11.7 Å². The molecule has 1 N–H and O–H groups in total. The summed E-state index contributed by atoms with van der Waals surface area (Å²) in [5.41, 5.74) is 2.92. The molecule has 1 aliphatic rings. The zero-order chi connectivity index (χ0) is 17.1. The van der Waals surface area contributed by atoms with Crippen molar-refractivity contribution in [3.8, 4) is 0 Å². The highest BCUT2D eigenvalue weighted by atomic mass is 35.5. The van der Waals surface area contributed by atoms with Crippen LogP contribution in [0.1, 0.15) is 43.1 Å². The first-order valence-electron chi connectivity index (χ1n) is 8.29. The molecule has 3 rings (SSSR count). The average Bonchev–Trinajstić information content (AvgIpc) is 3.17. The number of halogens is 1. The Morgan fingerprint density at radius 3 is 2.75 bits per heavy atom. The number of para-hydroxylation sites is 1. The molecule has 0 unspecified atom stereocenters. The van der Waals surface area contributed by atoms with Crippen molar-refractivity contribution in [1.82, 2.24) is 9.55 Å². The van der Waals surface area contributed by atoms with Crippen LogP contribution in [0.4, 0.5) is 5.69 Å². The molecule has 0 aliphatic heterocycles. The SMILES string of the molecule is Cc1nc(SCC(=O)Nc2ccccc2Cl)n(C2CCCC2)c1C. The van der Waals surface area contributed by atoms with Crippen LogP contribution in [0.15, 0.2) is 29.4 Å². The molecular weight excluding hydrogens is 342 g/mol. The molecule has 1 aromatic heterocycles. The van der Waals surface area contributed by atoms with Gasteiger partial charge < -0.3 is 9.88 Å². The van der Waals surface area contributed by atoms with Gasteiger partial charge in [0.1, 0.15) is 0 Å². The fourth-order valence-corrected chi connectivity index (χ4v) is 4.31. The molecule has 1 amide bonds. The molecule has 0 spiro atoms. The molecule has 4 nitrogen and oxygen atoms in total.